The smallest absolute Gasteiger partial charge is 0.238 e. The summed E-state index contributed by atoms with van der Waals surface area (Å²) in [6, 6.07) is 7.19. The summed E-state index contributed by atoms with van der Waals surface area (Å²) in [5.41, 5.74) is 1.48. The number of carbonyl (C=O) groups excluding carboxylic acids is 2. The van der Waals surface area contributed by atoms with Crippen LogP contribution in [0.25, 0.3) is 0 Å². The maximum absolute atomic E-state index is 11.8. The second-order valence-corrected chi connectivity index (χ2v) is 6.35. The van der Waals surface area contributed by atoms with Crippen molar-refractivity contribution in [3.8, 4) is 0 Å². The number of carbonyl (C=O) groups is 2. The van der Waals surface area contributed by atoms with E-state index in [1.165, 1.54) is 12.8 Å². The van der Waals surface area contributed by atoms with Crippen LogP contribution in [0.15, 0.2) is 24.3 Å². The summed E-state index contributed by atoms with van der Waals surface area (Å²) in [6.07, 6.45) is 3.06. The molecule has 22 heavy (non-hydrogen) atoms. The highest BCUT2D eigenvalue weighted by Gasteiger charge is 2.20. The molecule has 0 heterocycles. The molecule has 1 aliphatic rings. The standard InChI is InChI=1S/C17H25N3O2/c1-12(2)9-16(21)19-14-5-7-15(8-6-14)20-17(22)11-18-10-13-3-4-13/h5-8,12-13,18H,3-4,9-11H2,1-2H3,(H,19,21)(H,20,22). The van der Waals surface area contributed by atoms with E-state index in [2.05, 4.69) is 16.0 Å². The Morgan fingerprint density at radius 1 is 1.05 bits per heavy atom. The van der Waals surface area contributed by atoms with Crippen molar-refractivity contribution >= 4 is 23.2 Å². The van der Waals surface area contributed by atoms with Gasteiger partial charge in [0.25, 0.3) is 0 Å². The SMILES string of the molecule is CC(C)CC(=O)Nc1ccc(NC(=O)CNCC2CC2)cc1. The van der Waals surface area contributed by atoms with Crippen LogP contribution in [0.4, 0.5) is 11.4 Å². The lowest BCUT2D eigenvalue weighted by Crippen LogP contribution is -2.29. The summed E-state index contributed by atoms with van der Waals surface area (Å²) in [5.74, 6) is 1.07. The van der Waals surface area contributed by atoms with Gasteiger partial charge >= 0.3 is 0 Å². The Balaban J connectivity index is 1.73. The highest BCUT2D eigenvalue weighted by Crippen LogP contribution is 2.27. The van der Waals surface area contributed by atoms with E-state index in [9.17, 15) is 9.59 Å². The van der Waals surface area contributed by atoms with Crippen molar-refractivity contribution in [2.45, 2.75) is 33.1 Å². The molecule has 0 aromatic heterocycles. The molecule has 1 aromatic rings. The van der Waals surface area contributed by atoms with Gasteiger partial charge in [0.1, 0.15) is 0 Å². The molecule has 1 aromatic carbocycles. The first-order chi connectivity index (χ1) is 10.5. The topological polar surface area (TPSA) is 70.2 Å². The van der Waals surface area contributed by atoms with Gasteiger partial charge in [0.15, 0.2) is 0 Å². The lowest BCUT2D eigenvalue weighted by Gasteiger charge is -2.09. The number of hydrogen-bond acceptors (Lipinski definition) is 3. The van der Waals surface area contributed by atoms with Crippen LogP contribution in [0.3, 0.4) is 0 Å². The summed E-state index contributed by atoms with van der Waals surface area (Å²) < 4.78 is 0. The molecule has 0 spiro atoms. The van der Waals surface area contributed by atoms with Crippen LogP contribution < -0.4 is 16.0 Å². The zero-order valence-electron chi connectivity index (χ0n) is 13.3. The van der Waals surface area contributed by atoms with Crippen molar-refractivity contribution < 1.29 is 9.59 Å². The second-order valence-electron chi connectivity index (χ2n) is 6.35. The van der Waals surface area contributed by atoms with Gasteiger partial charge in [-0.2, -0.15) is 0 Å². The Morgan fingerprint density at radius 2 is 1.59 bits per heavy atom. The minimum atomic E-state index is -0.0442. The van der Waals surface area contributed by atoms with Gasteiger partial charge in [0.2, 0.25) is 11.8 Å². The van der Waals surface area contributed by atoms with Gasteiger partial charge < -0.3 is 16.0 Å². The molecule has 0 unspecified atom stereocenters. The molecule has 120 valence electrons. The Hall–Kier alpha value is -1.88. The Labute approximate surface area is 131 Å². The summed E-state index contributed by atoms with van der Waals surface area (Å²) in [4.78, 5) is 23.4. The fourth-order valence-corrected chi connectivity index (χ4v) is 2.14. The van der Waals surface area contributed by atoms with Crippen LogP contribution in [0, 0.1) is 11.8 Å². The van der Waals surface area contributed by atoms with E-state index in [1.807, 2.05) is 13.8 Å². The first-order valence-corrected chi connectivity index (χ1v) is 7.93. The van der Waals surface area contributed by atoms with Crippen LogP contribution in [-0.4, -0.2) is 24.9 Å². The third kappa shape index (κ3) is 6.26. The first kappa shape index (κ1) is 16.5. The maximum Gasteiger partial charge on any atom is 0.238 e. The van der Waals surface area contributed by atoms with E-state index in [1.54, 1.807) is 24.3 Å². The van der Waals surface area contributed by atoms with Gasteiger partial charge in [0.05, 0.1) is 6.54 Å². The molecule has 1 fully saturated rings. The quantitative estimate of drug-likeness (QED) is 0.691. The van der Waals surface area contributed by atoms with Crippen LogP contribution >= 0.6 is 0 Å². The number of benzene rings is 1. The van der Waals surface area contributed by atoms with Gasteiger partial charge in [-0.3, -0.25) is 9.59 Å². The van der Waals surface area contributed by atoms with Crippen LogP contribution in [-0.2, 0) is 9.59 Å². The van der Waals surface area contributed by atoms with Crippen LogP contribution in [0.2, 0.25) is 0 Å². The third-order valence-corrected chi connectivity index (χ3v) is 3.46. The number of anilines is 2. The van der Waals surface area contributed by atoms with E-state index in [4.69, 9.17) is 0 Å². The normalized spacial score (nSPS) is 14.0. The lowest BCUT2D eigenvalue weighted by molar-refractivity contribution is -0.117. The molecular formula is C17H25N3O2. The molecule has 2 amide bonds. The van der Waals surface area contributed by atoms with Crippen molar-refractivity contribution in [3.63, 3.8) is 0 Å². The summed E-state index contributed by atoms with van der Waals surface area (Å²) in [5, 5.41) is 8.83. The monoisotopic (exact) mass is 303 g/mol. The highest BCUT2D eigenvalue weighted by atomic mass is 16.2. The summed E-state index contributed by atoms with van der Waals surface area (Å²) in [6.45, 7) is 5.28. The molecule has 5 heteroatoms. The minimum Gasteiger partial charge on any atom is -0.326 e. The Bertz CT molecular complexity index is 507. The molecule has 0 aliphatic heterocycles. The van der Waals surface area contributed by atoms with Gasteiger partial charge in [-0.1, -0.05) is 13.8 Å². The van der Waals surface area contributed by atoms with Crippen LogP contribution in [0.5, 0.6) is 0 Å². The van der Waals surface area contributed by atoms with Crippen molar-refractivity contribution in [3.05, 3.63) is 24.3 Å². The fraction of sp³-hybridized carbons (Fsp3) is 0.529. The average Bonchev–Trinajstić information content (AvgIpc) is 3.24. The zero-order valence-corrected chi connectivity index (χ0v) is 13.3. The molecule has 0 bridgehead atoms. The van der Waals surface area contributed by atoms with E-state index in [0.29, 0.717) is 18.9 Å². The van der Waals surface area contributed by atoms with Gasteiger partial charge in [-0.25, -0.2) is 0 Å². The number of amides is 2. The predicted octanol–water partition coefficient (Wildman–Crippen LogP) is 2.61. The largest absolute Gasteiger partial charge is 0.326 e. The molecule has 0 radical (unpaired) electrons. The number of hydrogen-bond donors (Lipinski definition) is 3. The minimum absolute atomic E-state index is 0.0102. The van der Waals surface area contributed by atoms with Crippen molar-refractivity contribution in [1.82, 2.24) is 5.32 Å². The summed E-state index contributed by atoms with van der Waals surface area (Å²) >= 11 is 0. The zero-order chi connectivity index (χ0) is 15.9. The molecular weight excluding hydrogens is 278 g/mol. The maximum atomic E-state index is 11.8. The first-order valence-electron chi connectivity index (χ1n) is 7.93. The van der Waals surface area contributed by atoms with E-state index in [0.717, 1.165) is 23.8 Å². The lowest BCUT2D eigenvalue weighted by atomic mass is 10.1. The third-order valence-electron chi connectivity index (χ3n) is 3.46. The number of rotatable bonds is 8. The van der Waals surface area contributed by atoms with Crippen molar-refractivity contribution in [2.75, 3.05) is 23.7 Å². The van der Waals surface area contributed by atoms with Crippen LogP contribution in [0.1, 0.15) is 33.1 Å². The van der Waals surface area contributed by atoms with E-state index < -0.39 is 0 Å². The molecule has 0 saturated heterocycles. The molecule has 2 rings (SSSR count). The van der Waals surface area contributed by atoms with E-state index in [-0.39, 0.29) is 11.8 Å². The fourth-order valence-electron chi connectivity index (χ4n) is 2.14. The van der Waals surface area contributed by atoms with Crippen molar-refractivity contribution in [1.29, 1.82) is 0 Å². The molecule has 3 N–H and O–H groups in total. The van der Waals surface area contributed by atoms with Gasteiger partial charge in [-0.15, -0.1) is 0 Å². The number of nitrogens with one attached hydrogen (secondary N) is 3. The highest BCUT2D eigenvalue weighted by molar-refractivity contribution is 5.93. The molecule has 0 atom stereocenters. The predicted molar refractivity (Wildman–Crippen MR) is 88.8 cm³/mol. The van der Waals surface area contributed by atoms with Crippen molar-refractivity contribution in [2.24, 2.45) is 11.8 Å². The average molecular weight is 303 g/mol. The Kier molecular flexibility index (Phi) is 5.95. The van der Waals surface area contributed by atoms with E-state index >= 15 is 0 Å². The Morgan fingerprint density at radius 3 is 2.09 bits per heavy atom. The van der Waals surface area contributed by atoms with Gasteiger partial charge in [-0.05, 0) is 55.5 Å². The van der Waals surface area contributed by atoms with Gasteiger partial charge in [0, 0.05) is 17.8 Å². The second kappa shape index (κ2) is 7.94. The molecule has 1 aliphatic carbocycles. The summed E-state index contributed by atoms with van der Waals surface area (Å²) in [7, 11) is 0. The molecule has 1 saturated carbocycles. The molecule has 5 nitrogen and oxygen atoms in total.